The van der Waals surface area contributed by atoms with E-state index in [9.17, 15) is 14.4 Å². The van der Waals surface area contributed by atoms with Crippen molar-refractivity contribution in [2.24, 2.45) is 0 Å². The van der Waals surface area contributed by atoms with Crippen molar-refractivity contribution in [3.8, 4) is 0 Å². The maximum atomic E-state index is 12.8. The first kappa shape index (κ1) is 16.9. The topological polar surface area (TPSA) is 107 Å². The van der Waals surface area contributed by atoms with Crippen molar-refractivity contribution in [2.45, 2.75) is 25.7 Å². The molecular formula is C18H18N2O5. The third-order valence-electron chi connectivity index (χ3n) is 4.33. The zero-order valence-corrected chi connectivity index (χ0v) is 13.5. The zero-order chi connectivity index (χ0) is 18.0. The summed E-state index contributed by atoms with van der Waals surface area (Å²) in [5, 5.41) is 19.1. The monoisotopic (exact) mass is 342 g/mol. The number of imide groups is 1. The summed E-state index contributed by atoms with van der Waals surface area (Å²) in [5.74, 6) is -1.59. The number of hydrogen-bond acceptors (Lipinski definition) is 5. The number of carboxylic acids is 1. The second-order valence-electron chi connectivity index (χ2n) is 6.01. The fourth-order valence-corrected chi connectivity index (χ4v) is 3.15. The van der Waals surface area contributed by atoms with E-state index in [0.29, 0.717) is 46.8 Å². The third-order valence-corrected chi connectivity index (χ3v) is 4.33. The van der Waals surface area contributed by atoms with E-state index in [2.05, 4.69) is 0 Å². The van der Waals surface area contributed by atoms with Gasteiger partial charge in [0.1, 0.15) is 0 Å². The number of rotatable bonds is 7. The molecule has 1 aliphatic heterocycles. The average Bonchev–Trinajstić information content (AvgIpc) is 2.61. The minimum atomic E-state index is -0.852. The van der Waals surface area contributed by atoms with E-state index in [1.54, 1.807) is 24.3 Å². The molecule has 0 atom stereocenters. The van der Waals surface area contributed by atoms with Crippen molar-refractivity contribution >= 4 is 34.2 Å². The van der Waals surface area contributed by atoms with Crippen LogP contribution in [0.25, 0.3) is 10.8 Å². The van der Waals surface area contributed by atoms with Gasteiger partial charge < -0.3 is 5.11 Å². The Bertz CT molecular complexity index is 862. The molecule has 7 heteroatoms. The number of benzene rings is 2. The molecule has 0 aliphatic carbocycles. The van der Waals surface area contributed by atoms with E-state index < -0.39 is 11.9 Å². The first-order valence-corrected chi connectivity index (χ1v) is 8.08. The molecule has 0 spiro atoms. The smallest absolute Gasteiger partial charge is 0.303 e. The minimum absolute atomic E-state index is 0.0789. The van der Waals surface area contributed by atoms with E-state index >= 15 is 0 Å². The largest absolute Gasteiger partial charge is 0.481 e. The molecular weight excluding hydrogens is 324 g/mol. The maximum absolute atomic E-state index is 12.8. The van der Waals surface area contributed by atoms with E-state index in [1.807, 2.05) is 5.48 Å². The van der Waals surface area contributed by atoms with Crippen LogP contribution in [0.5, 0.6) is 0 Å². The summed E-state index contributed by atoms with van der Waals surface area (Å²) in [5.41, 5.74) is 3.25. The van der Waals surface area contributed by atoms with Crippen LogP contribution in [0.15, 0.2) is 30.3 Å². The van der Waals surface area contributed by atoms with Crippen LogP contribution >= 0.6 is 0 Å². The molecule has 0 aromatic heterocycles. The fraction of sp³-hybridized carbons (Fsp3) is 0.278. The van der Waals surface area contributed by atoms with Gasteiger partial charge in [-0.05, 0) is 36.4 Å². The summed E-state index contributed by atoms with van der Waals surface area (Å²) in [4.78, 5) is 37.2. The van der Waals surface area contributed by atoms with Crippen LogP contribution in [0.2, 0.25) is 0 Å². The molecule has 0 fully saturated rings. The molecule has 130 valence electrons. The summed E-state index contributed by atoms with van der Waals surface area (Å²) in [6.07, 6.45) is 1.76. The Labute approximate surface area is 143 Å². The molecule has 7 nitrogen and oxygen atoms in total. The lowest BCUT2D eigenvalue weighted by molar-refractivity contribution is -0.137. The van der Waals surface area contributed by atoms with Crippen LogP contribution in [0.4, 0.5) is 5.69 Å². The molecule has 0 radical (unpaired) electrons. The summed E-state index contributed by atoms with van der Waals surface area (Å²) < 4.78 is 0. The molecule has 0 saturated heterocycles. The van der Waals surface area contributed by atoms with Crippen LogP contribution in [0.3, 0.4) is 0 Å². The number of unbranched alkanes of at least 4 members (excludes halogenated alkanes) is 2. The Morgan fingerprint density at radius 1 is 1.04 bits per heavy atom. The zero-order valence-electron chi connectivity index (χ0n) is 13.5. The van der Waals surface area contributed by atoms with Crippen molar-refractivity contribution in [3.05, 3.63) is 41.5 Å². The number of hydrogen-bond donors (Lipinski definition) is 3. The van der Waals surface area contributed by atoms with E-state index in [-0.39, 0.29) is 18.9 Å². The SMILES string of the molecule is O=C(O)CCCCCN1C(=O)c2cccc3cc(NO)cc(c23)C1=O. The third kappa shape index (κ3) is 3.18. The molecule has 0 unspecified atom stereocenters. The van der Waals surface area contributed by atoms with Crippen LogP contribution in [-0.2, 0) is 4.79 Å². The molecule has 2 aromatic carbocycles. The predicted octanol–water partition coefficient (Wildman–Crippen LogP) is 2.88. The summed E-state index contributed by atoms with van der Waals surface area (Å²) in [6.45, 7) is 0.240. The Morgan fingerprint density at radius 2 is 1.80 bits per heavy atom. The highest BCUT2D eigenvalue weighted by atomic mass is 16.5. The molecule has 0 bridgehead atoms. The molecule has 0 saturated carbocycles. The second-order valence-corrected chi connectivity index (χ2v) is 6.01. The summed E-state index contributed by atoms with van der Waals surface area (Å²) >= 11 is 0. The highest BCUT2D eigenvalue weighted by molar-refractivity contribution is 6.25. The number of nitrogens with zero attached hydrogens (tertiary/aromatic N) is 1. The van der Waals surface area contributed by atoms with Crippen LogP contribution in [0, 0.1) is 0 Å². The van der Waals surface area contributed by atoms with E-state index in [1.165, 1.54) is 11.0 Å². The maximum Gasteiger partial charge on any atom is 0.303 e. The van der Waals surface area contributed by atoms with Crippen LogP contribution in [0.1, 0.15) is 46.4 Å². The van der Waals surface area contributed by atoms with Gasteiger partial charge in [-0.15, -0.1) is 0 Å². The minimum Gasteiger partial charge on any atom is -0.481 e. The van der Waals surface area contributed by atoms with E-state index in [4.69, 9.17) is 10.3 Å². The van der Waals surface area contributed by atoms with Crippen LogP contribution in [-0.4, -0.2) is 39.5 Å². The molecule has 3 N–H and O–H groups in total. The Balaban J connectivity index is 1.86. The van der Waals surface area contributed by atoms with Gasteiger partial charge in [0.2, 0.25) is 0 Å². The van der Waals surface area contributed by atoms with Gasteiger partial charge in [-0.2, -0.15) is 0 Å². The average molecular weight is 342 g/mol. The number of carbonyl (C=O) groups excluding carboxylic acids is 2. The van der Waals surface area contributed by atoms with Crippen molar-refractivity contribution in [1.29, 1.82) is 0 Å². The highest BCUT2D eigenvalue weighted by Crippen LogP contribution is 2.32. The first-order valence-electron chi connectivity index (χ1n) is 8.08. The lowest BCUT2D eigenvalue weighted by Gasteiger charge is -2.27. The van der Waals surface area contributed by atoms with Crippen LogP contribution < -0.4 is 5.48 Å². The molecule has 25 heavy (non-hydrogen) atoms. The van der Waals surface area contributed by atoms with Gasteiger partial charge in [0.25, 0.3) is 11.8 Å². The number of nitrogens with one attached hydrogen (secondary N) is 1. The van der Waals surface area contributed by atoms with Gasteiger partial charge in [-0.25, -0.2) is 0 Å². The Hall–Kier alpha value is -2.93. The van der Waals surface area contributed by atoms with E-state index in [0.717, 1.165) is 0 Å². The number of anilines is 1. The van der Waals surface area contributed by atoms with Gasteiger partial charge in [-0.1, -0.05) is 18.6 Å². The molecule has 3 rings (SSSR count). The Morgan fingerprint density at radius 3 is 2.52 bits per heavy atom. The number of aliphatic carboxylic acids is 1. The molecule has 2 amide bonds. The number of amides is 2. The van der Waals surface area contributed by atoms with Gasteiger partial charge >= 0.3 is 5.97 Å². The highest BCUT2D eigenvalue weighted by Gasteiger charge is 2.32. The number of carbonyl (C=O) groups is 3. The van der Waals surface area contributed by atoms with Crippen molar-refractivity contribution < 1.29 is 24.7 Å². The molecule has 1 aliphatic rings. The van der Waals surface area contributed by atoms with Crippen molar-refractivity contribution in [2.75, 3.05) is 12.0 Å². The standard InChI is InChI=1S/C18H18N2O5/c21-15(22)7-2-1-3-8-20-17(23)13-6-4-5-11-9-12(19-25)10-14(16(11)13)18(20)24/h4-6,9-10,19,25H,1-3,7-8H2,(H,21,22). The molecule has 1 heterocycles. The van der Waals surface area contributed by atoms with Gasteiger partial charge in [0.15, 0.2) is 0 Å². The summed E-state index contributed by atoms with van der Waals surface area (Å²) in [6, 6.07) is 8.40. The van der Waals surface area contributed by atoms with Gasteiger partial charge in [0, 0.05) is 23.9 Å². The fourth-order valence-electron chi connectivity index (χ4n) is 3.15. The first-order chi connectivity index (χ1) is 12.0. The van der Waals surface area contributed by atoms with Gasteiger partial charge in [0.05, 0.1) is 11.3 Å². The second kappa shape index (κ2) is 6.90. The quantitative estimate of drug-likeness (QED) is 0.406. The molecule has 2 aromatic rings. The predicted molar refractivity (Wildman–Crippen MR) is 90.8 cm³/mol. The van der Waals surface area contributed by atoms with Crippen molar-refractivity contribution in [1.82, 2.24) is 4.90 Å². The van der Waals surface area contributed by atoms with Crippen molar-refractivity contribution in [3.63, 3.8) is 0 Å². The summed E-state index contributed by atoms with van der Waals surface area (Å²) in [7, 11) is 0. The van der Waals surface area contributed by atoms with Gasteiger partial charge in [-0.3, -0.25) is 30.0 Å². The lowest BCUT2D eigenvalue weighted by Crippen LogP contribution is -2.40. The normalized spacial score (nSPS) is 13.4. The number of carboxylic acid groups (broad SMARTS) is 1. The Kier molecular flexibility index (Phi) is 4.67. The lowest BCUT2D eigenvalue weighted by atomic mass is 9.93.